The minimum absolute atomic E-state index is 0.0695. The van der Waals surface area contributed by atoms with Crippen LogP contribution in [0.5, 0.6) is 5.75 Å². The van der Waals surface area contributed by atoms with Crippen molar-refractivity contribution < 1.29 is 9.53 Å². The lowest BCUT2D eigenvalue weighted by molar-refractivity contribution is -0.116. The Morgan fingerprint density at radius 1 is 1.23 bits per heavy atom. The Morgan fingerprint density at radius 2 is 2.03 bits per heavy atom. The van der Waals surface area contributed by atoms with Gasteiger partial charge in [0.15, 0.2) is 0 Å². The molecule has 2 aromatic heterocycles. The predicted octanol–water partition coefficient (Wildman–Crippen LogP) is 5.06. The number of rotatable bonds is 9. The van der Waals surface area contributed by atoms with E-state index in [1.807, 2.05) is 42.6 Å². The molecule has 31 heavy (non-hydrogen) atoms. The van der Waals surface area contributed by atoms with Gasteiger partial charge in [-0.15, -0.1) is 22.7 Å². The molecule has 0 bridgehead atoms. The maximum Gasteiger partial charge on any atom is 0.244 e. The van der Waals surface area contributed by atoms with Crippen molar-refractivity contribution in [3.05, 3.63) is 74.4 Å². The summed E-state index contributed by atoms with van der Waals surface area (Å²) in [5.41, 5.74) is 1.90. The highest BCUT2D eigenvalue weighted by Crippen LogP contribution is 2.27. The van der Waals surface area contributed by atoms with Crippen molar-refractivity contribution in [2.45, 2.75) is 32.4 Å². The van der Waals surface area contributed by atoms with Crippen molar-refractivity contribution in [1.29, 1.82) is 0 Å². The number of hydrogen-bond donors (Lipinski definition) is 1. The molecule has 0 spiro atoms. The summed E-state index contributed by atoms with van der Waals surface area (Å²) in [6.07, 6.45) is 5.90. The standard InChI is InChI=1S/C24H27N3O2S2/c1-18-26-20(17-31-18)16-29-21-9-6-19(7-10-21)8-11-24(28)25-15-22(23-5-4-14-30-23)27-12-2-3-13-27/h4-11,14,17,22H,2-3,12-13,15-16H2,1H3,(H,25,28)/b11-8+. The van der Waals surface area contributed by atoms with Crippen LogP contribution in [0.4, 0.5) is 0 Å². The third kappa shape index (κ3) is 6.26. The van der Waals surface area contributed by atoms with Gasteiger partial charge in [0, 0.05) is 22.9 Å². The average molecular weight is 454 g/mol. The highest BCUT2D eigenvalue weighted by molar-refractivity contribution is 7.10. The molecule has 1 aliphatic rings. The van der Waals surface area contributed by atoms with Crippen LogP contribution in [0.2, 0.25) is 0 Å². The number of thiazole rings is 1. The van der Waals surface area contributed by atoms with Crippen molar-refractivity contribution >= 4 is 34.7 Å². The highest BCUT2D eigenvalue weighted by Gasteiger charge is 2.24. The second-order valence-electron chi connectivity index (χ2n) is 7.57. The Hall–Kier alpha value is -2.48. The number of nitrogens with one attached hydrogen (secondary N) is 1. The second-order valence-corrected chi connectivity index (χ2v) is 9.61. The smallest absolute Gasteiger partial charge is 0.244 e. The summed E-state index contributed by atoms with van der Waals surface area (Å²) in [4.78, 5) is 20.6. The largest absolute Gasteiger partial charge is 0.487 e. The fourth-order valence-corrected chi connectivity index (χ4v) is 5.14. The summed E-state index contributed by atoms with van der Waals surface area (Å²) in [5, 5.41) is 8.23. The van der Waals surface area contributed by atoms with E-state index in [1.54, 1.807) is 28.7 Å². The lowest BCUT2D eigenvalue weighted by Crippen LogP contribution is -2.35. The van der Waals surface area contributed by atoms with Gasteiger partial charge in [-0.25, -0.2) is 4.98 Å². The molecule has 1 aromatic carbocycles. The summed E-state index contributed by atoms with van der Waals surface area (Å²) in [7, 11) is 0. The van der Waals surface area contributed by atoms with Gasteiger partial charge in [-0.2, -0.15) is 0 Å². The van der Waals surface area contributed by atoms with Crippen LogP contribution in [0.1, 0.15) is 40.0 Å². The fraction of sp³-hybridized carbons (Fsp3) is 0.333. The van der Waals surface area contributed by atoms with Crippen LogP contribution in [0.3, 0.4) is 0 Å². The Labute approximate surface area is 191 Å². The van der Waals surface area contributed by atoms with Crippen LogP contribution in [0, 0.1) is 6.92 Å². The third-order valence-electron chi connectivity index (χ3n) is 5.28. The molecular formula is C24H27N3O2S2. The van der Waals surface area contributed by atoms with Gasteiger partial charge in [-0.05, 0) is 68.1 Å². The number of amides is 1. The van der Waals surface area contributed by atoms with E-state index in [1.165, 1.54) is 17.7 Å². The third-order valence-corrected chi connectivity index (χ3v) is 7.08. The number of carbonyl (C=O) groups is 1. The Balaban J connectivity index is 1.27. The molecule has 7 heteroatoms. The molecule has 1 saturated heterocycles. The summed E-state index contributed by atoms with van der Waals surface area (Å²) in [6.45, 7) is 5.28. The number of aromatic nitrogens is 1. The number of aryl methyl sites for hydroxylation is 1. The lowest BCUT2D eigenvalue weighted by atomic mass is 10.2. The number of likely N-dealkylation sites (tertiary alicyclic amines) is 1. The van der Waals surface area contributed by atoms with E-state index >= 15 is 0 Å². The minimum Gasteiger partial charge on any atom is -0.487 e. The van der Waals surface area contributed by atoms with Gasteiger partial charge in [0.1, 0.15) is 12.4 Å². The van der Waals surface area contributed by atoms with Crippen molar-refractivity contribution in [2.75, 3.05) is 19.6 Å². The van der Waals surface area contributed by atoms with Gasteiger partial charge in [0.05, 0.1) is 16.7 Å². The monoisotopic (exact) mass is 453 g/mol. The highest BCUT2D eigenvalue weighted by atomic mass is 32.1. The normalized spacial score (nSPS) is 15.4. The first-order valence-electron chi connectivity index (χ1n) is 10.5. The van der Waals surface area contributed by atoms with Crippen molar-refractivity contribution in [2.24, 2.45) is 0 Å². The van der Waals surface area contributed by atoms with E-state index in [9.17, 15) is 4.79 Å². The molecule has 0 radical (unpaired) electrons. The molecule has 1 aliphatic heterocycles. The van der Waals surface area contributed by atoms with Gasteiger partial charge in [-0.3, -0.25) is 9.69 Å². The summed E-state index contributed by atoms with van der Waals surface area (Å²) in [6, 6.07) is 12.2. The molecule has 1 unspecified atom stereocenters. The molecule has 1 fully saturated rings. The molecule has 4 rings (SSSR count). The van der Waals surface area contributed by atoms with Crippen LogP contribution < -0.4 is 10.1 Å². The SMILES string of the molecule is Cc1nc(COc2ccc(/C=C/C(=O)NCC(c3cccs3)N3CCCC3)cc2)cs1. The zero-order valence-electron chi connectivity index (χ0n) is 17.6. The van der Waals surface area contributed by atoms with Gasteiger partial charge < -0.3 is 10.1 Å². The molecule has 1 atom stereocenters. The topological polar surface area (TPSA) is 54.5 Å². The van der Waals surface area contributed by atoms with Crippen LogP contribution in [0.25, 0.3) is 6.08 Å². The van der Waals surface area contributed by atoms with E-state index in [2.05, 4.69) is 32.7 Å². The van der Waals surface area contributed by atoms with E-state index in [4.69, 9.17) is 4.74 Å². The van der Waals surface area contributed by atoms with Crippen molar-refractivity contribution in [1.82, 2.24) is 15.2 Å². The van der Waals surface area contributed by atoms with Crippen LogP contribution in [-0.4, -0.2) is 35.4 Å². The quantitative estimate of drug-likeness (QED) is 0.460. The van der Waals surface area contributed by atoms with Crippen LogP contribution in [0.15, 0.2) is 53.2 Å². The Morgan fingerprint density at radius 3 is 2.71 bits per heavy atom. The Bertz CT molecular complexity index is 990. The zero-order valence-corrected chi connectivity index (χ0v) is 19.3. The van der Waals surface area contributed by atoms with Crippen LogP contribution in [-0.2, 0) is 11.4 Å². The second kappa shape index (κ2) is 10.7. The minimum atomic E-state index is -0.0695. The molecule has 1 amide bonds. The maximum absolute atomic E-state index is 12.4. The first-order valence-corrected chi connectivity index (χ1v) is 12.3. The molecule has 162 valence electrons. The first kappa shape index (κ1) is 21.7. The number of hydrogen-bond acceptors (Lipinski definition) is 6. The number of benzene rings is 1. The van der Waals surface area contributed by atoms with E-state index in [0.717, 1.165) is 35.1 Å². The lowest BCUT2D eigenvalue weighted by Gasteiger charge is -2.26. The Kier molecular flexibility index (Phi) is 7.51. The number of carbonyl (C=O) groups excluding carboxylic acids is 1. The number of nitrogens with zero attached hydrogens (tertiary/aromatic N) is 2. The predicted molar refractivity (Wildman–Crippen MR) is 128 cm³/mol. The van der Waals surface area contributed by atoms with Gasteiger partial charge in [0.2, 0.25) is 5.91 Å². The molecule has 0 aliphatic carbocycles. The number of thiophene rings is 1. The maximum atomic E-state index is 12.4. The average Bonchev–Trinajstić information content (AvgIpc) is 3.55. The van der Waals surface area contributed by atoms with Crippen LogP contribution >= 0.6 is 22.7 Å². The summed E-state index contributed by atoms with van der Waals surface area (Å²) < 4.78 is 5.77. The summed E-state index contributed by atoms with van der Waals surface area (Å²) in [5.74, 6) is 0.719. The summed E-state index contributed by atoms with van der Waals surface area (Å²) >= 11 is 3.38. The van der Waals surface area contributed by atoms with Crippen molar-refractivity contribution in [3.8, 4) is 5.75 Å². The molecule has 1 N–H and O–H groups in total. The molecule has 5 nitrogen and oxygen atoms in total. The van der Waals surface area contributed by atoms with E-state index < -0.39 is 0 Å². The van der Waals surface area contributed by atoms with E-state index in [-0.39, 0.29) is 11.9 Å². The van der Waals surface area contributed by atoms with Gasteiger partial charge in [0.25, 0.3) is 0 Å². The molecule has 3 heterocycles. The molecule has 3 aromatic rings. The van der Waals surface area contributed by atoms with Crippen molar-refractivity contribution in [3.63, 3.8) is 0 Å². The zero-order chi connectivity index (χ0) is 21.5. The molecular weight excluding hydrogens is 426 g/mol. The fourth-order valence-electron chi connectivity index (χ4n) is 3.68. The first-order chi connectivity index (χ1) is 15.2. The van der Waals surface area contributed by atoms with Gasteiger partial charge >= 0.3 is 0 Å². The number of ether oxygens (including phenoxy) is 1. The van der Waals surface area contributed by atoms with Gasteiger partial charge in [-0.1, -0.05) is 18.2 Å². The molecule has 0 saturated carbocycles. The van der Waals surface area contributed by atoms with E-state index in [0.29, 0.717) is 13.2 Å².